The molecule has 0 unspecified atom stereocenters. The summed E-state index contributed by atoms with van der Waals surface area (Å²) in [4.78, 5) is 26.5. The standard InChI is InChI=1S/C15H22FN3O4/c1-15(2,3)23-14(22)19-11(13(20)21)6-4-5-9-7-10(16)8-18-12(9)17/h7-8,11H,4-6H2,1-3H3,(H2,17,18)(H,19,22)(H,20,21)/t11-/m0/s1. The van der Waals surface area contributed by atoms with Crippen molar-refractivity contribution in [2.45, 2.75) is 51.7 Å². The molecule has 1 aromatic rings. The summed E-state index contributed by atoms with van der Waals surface area (Å²) in [5.41, 5.74) is 5.42. The molecule has 8 heteroatoms. The number of hydrogen-bond acceptors (Lipinski definition) is 5. The number of aromatic nitrogens is 1. The van der Waals surface area contributed by atoms with Crippen molar-refractivity contribution in [3.05, 3.63) is 23.6 Å². The number of amides is 1. The lowest BCUT2D eigenvalue weighted by molar-refractivity contribution is -0.139. The Labute approximate surface area is 134 Å². The molecule has 1 atom stereocenters. The van der Waals surface area contributed by atoms with E-state index in [2.05, 4.69) is 10.3 Å². The maximum Gasteiger partial charge on any atom is 0.408 e. The normalized spacial score (nSPS) is 12.5. The monoisotopic (exact) mass is 327 g/mol. The van der Waals surface area contributed by atoms with Crippen molar-refractivity contribution in [1.29, 1.82) is 0 Å². The van der Waals surface area contributed by atoms with Gasteiger partial charge in [-0.25, -0.2) is 19.0 Å². The van der Waals surface area contributed by atoms with Crippen LogP contribution >= 0.6 is 0 Å². The molecule has 23 heavy (non-hydrogen) atoms. The predicted octanol–water partition coefficient (Wildman–Crippen LogP) is 2.10. The van der Waals surface area contributed by atoms with E-state index in [1.165, 1.54) is 6.07 Å². The molecule has 0 fully saturated rings. The topological polar surface area (TPSA) is 115 Å². The van der Waals surface area contributed by atoms with Gasteiger partial charge < -0.3 is 20.9 Å². The Balaban J connectivity index is 2.55. The molecule has 0 saturated carbocycles. The average Bonchev–Trinajstić information content (AvgIpc) is 2.39. The number of pyridine rings is 1. The van der Waals surface area contributed by atoms with E-state index in [-0.39, 0.29) is 12.2 Å². The number of nitrogens with two attached hydrogens (primary N) is 1. The van der Waals surface area contributed by atoms with Crippen LogP contribution in [0, 0.1) is 5.82 Å². The number of nitrogen functional groups attached to an aromatic ring is 1. The Morgan fingerprint density at radius 1 is 1.48 bits per heavy atom. The Morgan fingerprint density at radius 2 is 2.13 bits per heavy atom. The quantitative estimate of drug-likeness (QED) is 0.737. The van der Waals surface area contributed by atoms with Gasteiger partial charge in [-0.15, -0.1) is 0 Å². The van der Waals surface area contributed by atoms with Crippen molar-refractivity contribution in [3.63, 3.8) is 0 Å². The Kier molecular flexibility index (Phi) is 6.29. The molecule has 0 aliphatic rings. The number of carbonyl (C=O) groups excluding carboxylic acids is 1. The minimum atomic E-state index is -1.17. The van der Waals surface area contributed by atoms with Crippen LogP contribution in [0.4, 0.5) is 15.0 Å². The van der Waals surface area contributed by atoms with Crippen LogP contribution in [-0.2, 0) is 16.0 Å². The molecule has 0 aliphatic carbocycles. The summed E-state index contributed by atoms with van der Waals surface area (Å²) in [6.07, 6.45) is 1.13. The van der Waals surface area contributed by atoms with E-state index in [1.807, 2.05) is 0 Å². The number of alkyl carbamates (subject to hydrolysis) is 1. The van der Waals surface area contributed by atoms with E-state index in [9.17, 15) is 14.0 Å². The van der Waals surface area contributed by atoms with E-state index in [0.29, 0.717) is 18.4 Å². The molecule has 4 N–H and O–H groups in total. The molecule has 0 spiro atoms. The second kappa shape index (κ2) is 7.75. The third-order valence-electron chi connectivity index (χ3n) is 2.90. The lowest BCUT2D eigenvalue weighted by Gasteiger charge is -2.22. The molecule has 0 aromatic carbocycles. The first-order chi connectivity index (χ1) is 10.6. The number of rotatable bonds is 6. The van der Waals surface area contributed by atoms with Crippen LogP contribution in [0.15, 0.2) is 12.3 Å². The van der Waals surface area contributed by atoms with Gasteiger partial charge >= 0.3 is 12.1 Å². The van der Waals surface area contributed by atoms with Crippen molar-refractivity contribution in [2.24, 2.45) is 0 Å². The van der Waals surface area contributed by atoms with Gasteiger partial charge in [-0.1, -0.05) is 0 Å². The molecule has 0 saturated heterocycles. The number of ether oxygens (including phenoxy) is 1. The molecule has 1 aromatic heterocycles. The van der Waals surface area contributed by atoms with Crippen molar-refractivity contribution < 1.29 is 23.8 Å². The average molecular weight is 327 g/mol. The molecule has 0 bridgehead atoms. The summed E-state index contributed by atoms with van der Waals surface area (Å²) in [5.74, 6) is -1.46. The molecular weight excluding hydrogens is 305 g/mol. The largest absolute Gasteiger partial charge is 0.480 e. The smallest absolute Gasteiger partial charge is 0.408 e. The van der Waals surface area contributed by atoms with Gasteiger partial charge in [0.05, 0.1) is 6.20 Å². The van der Waals surface area contributed by atoms with Gasteiger partial charge in [0.25, 0.3) is 0 Å². The second-order valence-corrected chi connectivity index (χ2v) is 6.13. The van der Waals surface area contributed by atoms with Gasteiger partial charge in [-0.3, -0.25) is 0 Å². The summed E-state index contributed by atoms with van der Waals surface area (Å²) in [5, 5.41) is 11.5. The van der Waals surface area contributed by atoms with E-state index >= 15 is 0 Å². The number of aryl methyl sites for hydroxylation is 1. The SMILES string of the molecule is CC(C)(C)OC(=O)N[C@@H](CCCc1cc(F)cnc1N)C(=O)O. The van der Waals surface area contributed by atoms with Gasteiger partial charge in [0, 0.05) is 0 Å². The van der Waals surface area contributed by atoms with Crippen molar-refractivity contribution in [3.8, 4) is 0 Å². The number of carboxylic acids is 1. The first-order valence-electron chi connectivity index (χ1n) is 7.20. The van der Waals surface area contributed by atoms with Gasteiger partial charge in [0.2, 0.25) is 0 Å². The van der Waals surface area contributed by atoms with Crippen LogP contribution in [0.3, 0.4) is 0 Å². The van der Waals surface area contributed by atoms with Crippen molar-refractivity contribution >= 4 is 17.9 Å². The van der Waals surface area contributed by atoms with E-state index in [4.69, 9.17) is 15.6 Å². The van der Waals surface area contributed by atoms with E-state index in [0.717, 1.165) is 6.20 Å². The lowest BCUT2D eigenvalue weighted by Crippen LogP contribution is -2.43. The number of nitrogens with one attached hydrogen (secondary N) is 1. The number of aliphatic carboxylic acids is 1. The molecule has 0 radical (unpaired) electrons. The minimum absolute atomic E-state index is 0.157. The van der Waals surface area contributed by atoms with Crippen LogP contribution in [0.2, 0.25) is 0 Å². The summed E-state index contributed by atoms with van der Waals surface area (Å²) >= 11 is 0. The number of halogens is 1. The summed E-state index contributed by atoms with van der Waals surface area (Å²) in [6, 6.07) is 0.173. The zero-order chi connectivity index (χ0) is 17.6. The van der Waals surface area contributed by atoms with Gasteiger partial charge in [0.1, 0.15) is 23.3 Å². The van der Waals surface area contributed by atoms with E-state index < -0.39 is 29.5 Å². The second-order valence-electron chi connectivity index (χ2n) is 6.13. The highest BCUT2D eigenvalue weighted by Gasteiger charge is 2.23. The highest BCUT2D eigenvalue weighted by molar-refractivity contribution is 5.79. The predicted molar refractivity (Wildman–Crippen MR) is 82.3 cm³/mol. The first kappa shape index (κ1) is 18.7. The third kappa shape index (κ3) is 6.94. The Hall–Kier alpha value is -2.38. The fourth-order valence-corrected chi connectivity index (χ4v) is 1.90. The highest BCUT2D eigenvalue weighted by Crippen LogP contribution is 2.14. The number of hydrogen-bond donors (Lipinski definition) is 3. The van der Waals surface area contributed by atoms with E-state index in [1.54, 1.807) is 20.8 Å². The number of nitrogens with zero attached hydrogens (tertiary/aromatic N) is 1. The van der Waals surface area contributed by atoms with Gasteiger partial charge in [-0.2, -0.15) is 0 Å². The summed E-state index contributed by atoms with van der Waals surface area (Å²) in [7, 11) is 0. The number of carboxylic acid groups (broad SMARTS) is 1. The fourth-order valence-electron chi connectivity index (χ4n) is 1.90. The van der Waals surface area contributed by atoms with Crippen molar-refractivity contribution in [1.82, 2.24) is 10.3 Å². The Bertz CT molecular complexity index is 572. The van der Waals surface area contributed by atoms with Crippen LogP contribution in [-0.4, -0.2) is 33.8 Å². The maximum absolute atomic E-state index is 13.1. The van der Waals surface area contributed by atoms with Crippen LogP contribution in [0.25, 0.3) is 0 Å². The molecule has 1 heterocycles. The lowest BCUT2D eigenvalue weighted by atomic mass is 10.1. The van der Waals surface area contributed by atoms with Crippen LogP contribution in [0.5, 0.6) is 0 Å². The Morgan fingerprint density at radius 3 is 2.70 bits per heavy atom. The zero-order valence-electron chi connectivity index (χ0n) is 13.4. The zero-order valence-corrected chi connectivity index (χ0v) is 13.4. The molecule has 128 valence electrons. The fraction of sp³-hybridized carbons (Fsp3) is 0.533. The summed E-state index contributed by atoms with van der Waals surface area (Å²) < 4.78 is 18.1. The number of carbonyl (C=O) groups is 2. The summed E-state index contributed by atoms with van der Waals surface area (Å²) in [6.45, 7) is 5.05. The first-order valence-corrected chi connectivity index (χ1v) is 7.20. The van der Waals surface area contributed by atoms with Crippen LogP contribution < -0.4 is 11.1 Å². The molecule has 7 nitrogen and oxygen atoms in total. The molecule has 0 aliphatic heterocycles. The van der Waals surface area contributed by atoms with Gasteiger partial charge in [-0.05, 0) is 51.7 Å². The highest BCUT2D eigenvalue weighted by atomic mass is 19.1. The van der Waals surface area contributed by atoms with Gasteiger partial charge in [0.15, 0.2) is 0 Å². The van der Waals surface area contributed by atoms with Crippen LogP contribution in [0.1, 0.15) is 39.2 Å². The molecule has 1 rings (SSSR count). The number of anilines is 1. The molecular formula is C15H22FN3O4. The van der Waals surface area contributed by atoms with Crippen molar-refractivity contribution in [2.75, 3.05) is 5.73 Å². The minimum Gasteiger partial charge on any atom is -0.480 e. The molecule has 1 amide bonds. The third-order valence-corrected chi connectivity index (χ3v) is 2.90. The maximum atomic E-state index is 13.1.